The molecule has 10 heteroatoms. The third-order valence-corrected chi connectivity index (χ3v) is 5.05. The van der Waals surface area contributed by atoms with Gasteiger partial charge in [0, 0.05) is 17.9 Å². The zero-order valence-corrected chi connectivity index (χ0v) is 16.2. The molecule has 6 nitrogen and oxygen atoms in total. The molecule has 1 aliphatic rings. The van der Waals surface area contributed by atoms with Gasteiger partial charge in [0.2, 0.25) is 11.9 Å². The molecule has 162 valence electrons. The molecule has 0 fully saturated rings. The Morgan fingerprint density at radius 1 is 1.16 bits per heavy atom. The van der Waals surface area contributed by atoms with E-state index in [1.807, 2.05) is 0 Å². The van der Waals surface area contributed by atoms with E-state index < -0.39 is 23.6 Å². The first-order valence-electron chi connectivity index (χ1n) is 9.27. The van der Waals surface area contributed by atoms with Crippen LogP contribution in [0.25, 0.3) is 0 Å². The van der Waals surface area contributed by atoms with Crippen molar-refractivity contribution in [1.29, 1.82) is 0 Å². The Labute approximate surface area is 174 Å². The third kappa shape index (κ3) is 4.05. The summed E-state index contributed by atoms with van der Waals surface area (Å²) in [6.45, 7) is -0.322. The minimum absolute atomic E-state index is 0.00572. The van der Waals surface area contributed by atoms with Gasteiger partial charge in [-0.25, -0.2) is 0 Å². The molecule has 0 spiro atoms. The van der Waals surface area contributed by atoms with Crippen molar-refractivity contribution in [1.82, 2.24) is 10.2 Å². The maximum atomic E-state index is 14.2. The molecule has 3 aromatic rings. The number of nitrogens with one attached hydrogen (secondary N) is 2. The molecule has 2 aromatic carbocycles. The largest absolute Gasteiger partial charge is 0.493 e. The molecule has 2 heterocycles. The van der Waals surface area contributed by atoms with E-state index in [9.17, 15) is 22.4 Å². The fourth-order valence-corrected chi connectivity index (χ4v) is 3.60. The van der Waals surface area contributed by atoms with Crippen molar-refractivity contribution in [2.75, 3.05) is 12.4 Å². The van der Waals surface area contributed by atoms with Crippen LogP contribution in [0.4, 0.5) is 23.4 Å². The number of fused-ring (bicyclic) bond motifs is 1. The van der Waals surface area contributed by atoms with Crippen LogP contribution in [0, 0.1) is 5.95 Å². The molecule has 1 unspecified atom stereocenters. The predicted octanol–water partition coefficient (Wildman–Crippen LogP) is 4.63. The molecular formula is C21H17F4N3O3. The lowest BCUT2D eigenvalue weighted by Gasteiger charge is -2.23. The SMILES string of the molecule is COc1cc(C2CC(=O)Nc3n[nH]c(F)c32)ccc1OCc1ccccc1C(F)(F)F. The smallest absolute Gasteiger partial charge is 0.416 e. The van der Waals surface area contributed by atoms with Crippen molar-refractivity contribution in [2.45, 2.75) is 25.1 Å². The molecule has 1 atom stereocenters. The monoisotopic (exact) mass is 435 g/mol. The predicted molar refractivity (Wildman–Crippen MR) is 102 cm³/mol. The first-order valence-corrected chi connectivity index (χ1v) is 9.27. The highest BCUT2D eigenvalue weighted by Gasteiger charge is 2.34. The molecule has 2 N–H and O–H groups in total. The molecule has 0 aliphatic carbocycles. The number of rotatable bonds is 5. The molecule has 31 heavy (non-hydrogen) atoms. The Morgan fingerprint density at radius 3 is 2.68 bits per heavy atom. The molecule has 0 saturated carbocycles. The number of aromatic nitrogens is 2. The number of anilines is 1. The summed E-state index contributed by atoms with van der Waals surface area (Å²) < 4.78 is 64.7. The standard InChI is InChI=1S/C21H17F4N3O3/c1-30-16-8-11(13-9-17(29)26-20-18(13)19(22)27-28-20)6-7-15(16)31-10-12-4-2-3-5-14(12)21(23,24)25/h2-8,13H,9-10H2,1H3,(H2,26,27,28,29). The second-order valence-electron chi connectivity index (χ2n) is 6.96. The third-order valence-electron chi connectivity index (χ3n) is 5.05. The zero-order valence-electron chi connectivity index (χ0n) is 16.2. The van der Waals surface area contributed by atoms with Crippen molar-refractivity contribution in [3.05, 3.63) is 70.7 Å². The molecular weight excluding hydrogens is 418 g/mol. The highest BCUT2D eigenvalue weighted by Crippen LogP contribution is 2.41. The first kappa shape index (κ1) is 20.7. The van der Waals surface area contributed by atoms with E-state index in [0.29, 0.717) is 5.56 Å². The number of H-pyrrole nitrogens is 1. The Morgan fingerprint density at radius 2 is 1.94 bits per heavy atom. The van der Waals surface area contributed by atoms with Crippen molar-refractivity contribution in [3.63, 3.8) is 0 Å². The van der Waals surface area contributed by atoms with Crippen LogP contribution in [-0.4, -0.2) is 23.2 Å². The number of amides is 1. The summed E-state index contributed by atoms with van der Waals surface area (Å²) in [5.41, 5.74) is 0.0164. The van der Waals surface area contributed by atoms with E-state index in [1.54, 1.807) is 12.1 Å². The summed E-state index contributed by atoms with van der Waals surface area (Å²) in [5.74, 6) is -0.969. The summed E-state index contributed by atoms with van der Waals surface area (Å²) in [7, 11) is 1.38. The molecule has 0 radical (unpaired) electrons. The number of ether oxygens (including phenoxy) is 2. The fraction of sp³-hybridized carbons (Fsp3) is 0.238. The van der Waals surface area contributed by atoms with Crippen LogP contribution in [0.2, 0.25) is 0 Å². The van der Waals surface area contributed by atoms with Crippen LogP contribution in [-0.2, 0) is 17.6 Å². The average molecular weight is 435 g/mol. The lowest BCUT2D eigenvalue weighted by atomic mass is 9.87. The lowest BCUT2D eigenvalue weighted by molar-refractivity contribution is -0.138. The fourth-order valence-electron chi connectivity index (χ4n) is 3.60. The van der Waals surface area contributed by atoms with Crippen molar-refractivity contribution in [2.24, 2.45) is 0 Å². The lowest BCUT2D eigenvalue weighted by Crippen LogP contribution is -2.23. The Balaban J connectivity index is 1.61. The molecule has 1 aromatic heterocycles. The number of carbonyl (C=O) groups is 1. The van der Waals surface area contributed by atoms with E-state index in [4.69, 9.17) is 9.47 Å². The molecule has 4 rings (SSSR count). The van der Waals surface area contributed by atoms with Crippen LogP contribution in [0.15, 0.2) is 42.5 Å². The van der Waals surface area contributed by atoms with Crippen molar-refractivity contribution >= 4 is 11.7 Å². The van der Waals surface area contributed by atoms with Gasteiger partial charge in [-0.1, -0.05) is 24.3 Å². The highest BCUT2D eigenvalue weighted by atomic mass is 19.4. The van der Waals surface area contributed by atoms with E-state index >= 15 is 0 Å². The number of aromatic amines is 1. The normalized spacial score (nSPS) is 15.9. The number of benzene rings is 2. The molecule has 1 amide bonds. The number of nitrogens with zero attached hydrogens (tertiary/aromatic N) is 1. The molecule has 0 saturated heterocycles. The van der Waals surface area contributed by atoms with E-state index in [2.05, 4.69) is 15.5 Å². The maximum absolute atomic E-state index is 14.2. The van der Waals surface area contributed by atoms with Gasteiger partial charge in [-0.15, -0.1) is 0 Å². The summed E-state index contributed by atoms with van der Waals surface area (Å²) in [4.78, 5) is 12.0. The summed E-state index contributed by atoms with van der Waals surface area (Å²) in [6.07, 6.45) is -4.49. The van der Waals surface area contributed by atoms with Gasteiger partial charge in [0.1, 0.15) is 6.61 Å². The number of halogens is 4. The minimum atomic E-state index is -4.50. The Kier molecular flexibility index (Phi) is 5.30. The number of methoxy groups -OCH3 is 1. The van der Waals surface area contributed by atoms with Crippen LogP contribution < -0.4 is 14.8 Å². The van der Waals surface area contributed by atoms with Gasteiger partial charge in [-0.05, 0) is 23.8 Å². The van der Waals surface area contributed by atoms with Gasteiger partial charge in [-0.2, -0.15) is 22.7 Å². The van der Waals surface area contributed by atoms with Crippen LogP contribution in [0.5, 0.6) is 11.5 Å². The maximum Gasteiger partial charge on any atom is 0.416 e. The summed E-state index contributed by atoms with van der Waals surface area (Å²) in [5, 5.41) is 8.48. The van der Waals surface area contributed by atoms with Gasteiger partial charge in [-0.3, -0.25) is 9.89 Å². The van der Waals surface area contributed by atoms with Gasteiger partial charge in [0.15, 0.2) is 17.3 Å². The highest BCUT2D eigenvalue weighted by molar-refractivity contribution is 5.94. The summed E-state index contributed by atoms with van der Waals surface area (Å²) >= 11 is 0. The van der Waals surface area contributed by atoms with Crippen molar-refractivity contribution < 1.29 is 31.8 Å². The Bertz CT molecular complexity index is 1130. The van der Waals surface area contributed by atoms with E-state index in [1.165, 1.54) is 31.4 Å². The zero-order chi connectivity index (χ0) is 22.2. The van der Waals surface area contributed by atoms with E-state index in [0.717, 1.165) is 6.07 Å². The minimum Gasteiger partial charge on any atom is -0.493 e. The van der Waals surface area contributed by atoms with Gasteiger partial charge in [0.25, 0.3) is 0 Å². The number of hydrogen-bond acceptors (Lipinski definition) is 4. The second-order valence-corrected chi connectivity index (χ2v) is 6.96. The van der Waals surface area contributed by atoms with Crippen LogP contribution >= 0.6 is 0 Å². The van der Waals surface area contributed by atoms with Crippen molar-refractivity contribution in [3.8, 4) is 11.5 Å². The summed E-state index contributed by atoms with van der Waals surface area (Å²) in [6, 6.07) is 9.86. The van der Waals surface area contributed by atoms with Gasteiger partial charge >= 0.3 is 6.18 Å². The number of carbonyl (C=O) groups excluding carboxylic acids is 1. The number of alkyl halides is 3. The molecule has 0 bridgehead atoms. The van der Waals surface area contributed by atoms with E-state index in [-0.39, 0.29) is 47.4 Å². The Hall–Kier alpha value is -3.56. The molecule has 1 aliphatic heterocycles. The second kappa shape index (κ2) is 7.93. The topological polar surface area (TPSA) is 76.2 Å². The van der Waals surface area contributed by atoms with Gasteiger partial charge in [0.05, 0.1) is 18.2 Å². The average Bonchev–Trinajstić information content (AvgIpc) is 3.11. The number of hydrogen-bond donors (Lipinski definition) is 2. The van der Waals surface area contributed by atoms with Crippen LogP contribution in [0.1, 0.15) is 34.6 Å². The van der Waals surface area contributed by atoms with Crippen LogP contribution in [0.3, 0.4) is 0 Å². The quantitative estimate of drug-likeness (QED) is 0.573. The first-order chi connectivity index (χ1) is 14.8. The van der Waals surface area contributed by atoms with Gasteiger partial charge < -0.3 is 14.8 Å².